The molecular weight excluding hydrogens is 565 g/mol. The average molecular weight is 611 g/mol. The van der Waals surface area contributed by atoms with Gasteiger partial charge in [-0.1, -0.05) is 105 Å². The number of esters is 1. The second kappa shape index (κ2) is 18.4. The lowest BCUT2D eigenvalue weighted by molar-refractivity contribution is -0.177. The fraction of sp³-hybridized carbons (Fsp3) is 0.457. The van der Waals surface area contributed by atoms with Gasteiger partial charge in [0.25, 0.3) is 0 Å². The number of rotatable bonds is 18. The van der Waals surface area contributed by atoms with Crippen LogP contribution in [0.1, 0.15) is 51.3 Å². The monoisotopic (exact) mass is 610 g/mol. The van der Waals surface area contributed by atoms with Crippen molar-refractivity contribution in [2.75, 3.05) is 18.1 Å². The first-order valence-corrected chi connectivity index (χ1v) is 16.8. The molecule has 0 amide bonds. The summed E-state index contributed by atoms with van der Waals surface area (Å²) in [6.45, 7) is 11.1. The molecule has 0 saturated heterocycles. The molecule has 7 heteroatoms. The average Bonchev–Trinajstić information content (AvgIpc) is 3.00. The van der Waals surface area contributed by atoms with Crippen molar-refractivity contribution in [2.24, 2.45) is 5.41 Å². The first-order valence-electron chi connectivity index (χ1n) is 14.7. The molecule has 0 heterocycles. The van der Waals surface area contributed by atoms with E-state index in [1.165, 1.54) is 0 Å². The zero-order valence-corrected chi connectivity index (χ0v) is 27.2. The van der Waals surface area contributed by atoms with E-state index >= 15 is 0 Å². The largest absolute Gasteiger partial charge is 0.462 e. The van der Waals surface area contributed by atoms with Gasteiger partial charge in [-0.25, -0.2) is 0 Å². The van der Waals surface area contributed by atoms with Gasteiger partial charge in [0.05, 0.1) is 29.8 Å². The maximum absolute atomic E-state index is 12.9. The van der Waals surface area contributed by atoms with Crippen molar-refractivity contribution < 1.29 is 23.7 Å². The number of hydrogen-bond acceptors (Lipinski definition) is 7. The Hall–Kier alpha value is -2.29. The predicted molar refractivity (Wildman–Crippen MR) is 176 cm³/mol. The third-order valence-corrected chi connectivity index (χ3v) is 9.17. The van der Waals surface area contributed by atoms with E-state index in [4.69, 9.17) is 18.9 Å². The van der Waals surface area contributed by atoms with Crippen LogP contribution in [0, 0.1) is 5.41 Å². The van der Waals surface area contributed by atoms with Gasteiger partial charge in [-0.2, -0.15) is 0 Å². The molecule has 0 aliphatic carbocycles. The van der Waals surface area contributed by atoms with Crippen molar-refractivity contribution >= 4 is 29.5 Å². The first-order chi connectivity index (χ1) is 20.3. The summed E-state index contributed by atoms with van der Waals surface area (Å²) in [5, 5.41) is 0. The molecular formula is C35H46O5S2. The summed E-state index contributed by atoms with van der Waals surface area (Å²) in [7, 11) is 0. The standard InChI is InChI=1S/C35H46O5S2/c1-6-41-33(42-7-2)32(39-25-29-21-15-10-16-22-29)31(38-24-28-19-13-9-14-20-28)30(26-40-34(36)35(3,4)5)37-23-27-17-11-8-12-18-27/h8-22,30-33H,6-7,23-26H2,1-5H3/t30-,31-,32-/m1/s1. The topological polar surface area (TPSA) is 54.0 Å². The summed E-state index contributed by atoms with van der Waals surface area (Å²) in [5.74, 6) is 1.59. The fourth-order valence-corrected chi connectivity index (χ4v) is 6.94. The Balaban J connectivity index is 1.98. The van der Waals surface area contributed by atoms with Crippen molar-refractivity contribution in [1.29, 1.82) is 0 Å². The van der Waals surface area contributed by atoms with E-state index in [9.17, 15) is 4.79 Å². The number of hydrogen-bond donors (Lipinski definition) is 0. The van der Waals surface area contributed by atoms with Crippen LogP contribution in [-0.4, -0.2) is 47.0 Å². The third kappa shape index (κ3) is 11.8. The molecule has 0 bridgehead atoms. The minimum absolute atomic E-state index is 0.0634. The Morgan fingerprint density at radius 2 is 1.05 bits per heavy atom. The quantitative estimate of drug-likeness (QED) is 0.106. The Morgan fingerprint density at radius 3 is 1.45 bits per heavy atom. The highest BCUT2D eigenvalue weighted by Gasteiger charge is 2.39. The van der Waals surface area contributed by atoms with E-state index in [-0.39, 0.29) is 23.3 Å². The molecule has 0 spiro atoms. The summed E-state index contributed by atoms with van der Waals surface area (Å²) >= 11 is 3.70. The van der Waals surface area contributed by atoms with E-state index in [1.54, 1.807) is 0 Å². The smallest absolute Gasteiger partial charge is 0.311 e. The third-order valence-electron chi connectivity index (χ3n) is 6.49. The number of carbonyl (C=O) groups is 1. The van der Waals surface area contributed by atoms with Gasteiger partial charge in [-0.05, 0) is 49.0 Å². The summed E-state index contributed by atoms with van der Waals surface area (Å²) in [5.41, 5.74) is 2.55. The van der Waals surface area contributed by atoms with Crippen LogP contribution in [0.5, 0.6) is 0 Å². The lowest BCUT2D eigenvalue weighted by atomic mass is 9.97. The van der Waals surface area contributed by atoms with Crippen molar-refractivity contribution in [2.45, 2.75) is 77.3 Å². The maximum Gasteiger partial charge on any atom is 0.311 e. The highest BCUT2D eigenvalue weighted by Crippen LogP contribution is 2.34. The molecule has 0 radical (unpaired) electrons. The minimum atomic E-state index is -0.633. The van der Waals surface area contributed by atoms with E-state index in [0.29, 0.717) is 19.8 Å². The normalized spacial score (nSPS) is 14.0. The van der Waals surface area contributed by atoms with E-state index in [2.05, 4.69) is 38.1 Å². The minimum Gasteiger partial charge on any atom is -0.462 e. The van der Waals surface area contributed by atoms with Gasteiger partial charge in [-0.3, -0.25) is 4.79 Å². The van der Waals surface area contributed by atoms with Gasteiger partial charge >= 0.3 is 5.97 Å². The van der Waals surface area contributed by atoms with Gasteiger partial charge in [-0.15, -0.1) is 23.5 Å². The predicted octanol–water partition coefficient (Wildman–Crippen LogP) is 8.16. The molecule has 0 aliphatic rings. The molecule has 0 saturated carbocycles. The molecule has 0 aliphatic heterocycles. The molecule has 3 aromatic rings. The molecule has 0 aromatic heterocycles. The molecule has 228 valence electrons. The van der Waals surface area contributed by atoms with Crippen LogP contribution >= 0.6 is 23.5 Å². The summed E-state index contributed by atoms with van der Waals surface area (Å²) < 4.78 is 26.1. The number of carbonyl (C=O) groups excluding carboxylic acids is 1. The van der Waals surface area contributed by atoms with E-state index < -0.39 is 17.6 Å². The Kier molecular flexibility index (Phi) is 15.0. The molecule has 3 atom stereocenters. The van der Waals surface area contributed by atoms with Crippen molar-refractivity contribution in [3.63, 3.8) is 0 Å². The van der Waals surface area contributed by atoms with Gasteiger partial charge in [0.2, 0.25) is 0 Å². The van der Waals surface area contributed by atoms with Crippen LogP contribution in [-0.2, 0) is 43.6 Å². The molecule has 5 nitrogen and oxygen atoms in total. The van der Waals surface area contributed by atoms with Gasteiger partial charge in [0.1, 0.15) is 24.9 Å². The Labute approximate surface area is 261 Å². The van der Waals surface area contributed by atoms with Crippen molar-refractivity contribution in [1.82, 2.24) is 0 Å². The van der Waals surface area contributed by atoms with Gasteiger partial charge < -0.3 is 18.9 Å². The van der Waals surface area contributed by atoms with Crippen LogP contribution < -0.4 is 0 Å². The highest BCUT2D eigenvalue weighted by molar-refractivity contribution is 8.17. The van der Waals surface area contributed by atoms with Crippen LogP contribution in [0.2, 0.25) is 0 Å². The van der Waals surface area contributed by atoms with Gasteiger partial charge in [0.15, 0.2) is 0 Å². The molecule has 0 unspecified atom stereocenters. The Morgan fingerprint density at radius 1 is 0.643 bits per heavy atom. The van der Waals surface area contributed by atoms with Crippen molar-refractivity contribution in [3.8, 4) is 0 Å². The van der Waals surface area contributed by atoms with Crippen LogP contribution in [0.15, 0.2) is 91.0 Å². The summed E-state index contributed by atoms with van der Waals surface area (Å²) in [6.07, 6.45) is -1.40. The second-order valence-electron chi connectivity index (χ2n) is 11.0. The zero-order valence-electron chi connectivity index (χ0n) is 25.6. The highest BCUT2D eigenvalue weighted by atomic mass is 32.2. The van der Waals surface area contributed by atoms with Crippen LogP contribution in [0.4, 0.5) is 0 Å². The SMILES string of the molecule is CCSC(SCC)[C@H](OCc1ccccc1)[C@H](OCc1ccccc1)[C@@H](COC(=O)C(C)(C)C)OCc1ccccc1. The molecule has 42 heavy (non-hydrogen) atoms. The molecule has 0 fully saturated rings. The number of ether oxygens (including phenoxy) is 4. The van der Waals surface area contributed by atoms with Gasteiger partial charge in [0, 0.05) is 0 Å². The molecule has 0 N–H and O–H groups in total. The van der Waals surface area contributed by atoms with Crippen LogP contribution in [0.25, 0.3) is 0 Å². The van der Waals surface area contributed by atoms with Crippen molar-refractivity contribution in [3.05, 3.63) is 108 Å². The lowest BCUT2D eigenvalue weighted by Gasteiger charge is -2.37. The second-order valence-corrected chi connectivity index (χ2v) is 14.1. The molecule has 3 aromatic carbocycles. The zero-order chi connectivity index (χ0) is 30.2. The summed E-state index contributed by atoms with van der Waals surface area (Å²) in [6, 6.07) is 30.3. The number of benzene rings is 3. The van der Waals surface area contributed by atoms with E-state index in [1.807, 2.05) is 111 Å². The Bertz CT molecular complexity index is 1130. The first kappa shape index (κ1) is 34.2. The van der Waals surface area contributed by atoms with Crippen LogP contribution in [0.3, 0.4) is 0 Å². The summed E-state index contributed by atoms with van der Waals surface area (Å²) in [4.78, 5) is 12.9. The van der Waals surface area contributed by atoms with E-state index in [0.717, 1.165) is 28.2 Å². The fourth-order valence-electron chi connectivity index (χ4n) is 4.23. The lowest BCUT2D eigenvalue weighted by Crippen LogP contribution is -2.49. The number of thioether (sulfide) groups is 2. The maximum atomic E-state index is 12.9. The molecule has 3 rings (SSSR count).